The van der Waals surface area contributed by atoms with Crippen LogP contribution in [0.4, 0.5) is 35.0 Å². The molecule has 11 heteroatoms. The molecule has 0 spiro atoms. The second kappa shape index (κ2) is 12.3. The average molecular weight is 578 g/mol. The number of hydrogen-bond donors (Lipinski definition) is 2. The Morgan fingerprint density at radius 3 is 2.12 bits per heavy atom. The highest BCUT2D eigenvalue weighted by molar-refractivity contribution is 7.89. The number of hydrogen-bond acceptors (Lipinski definition) is 5. The van der Waals surface area contributed by atoms with Crippen LogP contribution in [0.25, 0.3) is 0 Å². The van der Waals surface area contributed by atoms with Crippen LogP contribution in [0.3, 0.4) is 0 Å². The van der Waals surface area contributed by atoms with Crippen molar-refractivity contribution in [3.8, 4) is 0 Å². The number of sulfonamides is 1. The molecule has 0 aliphatic heterocycles. The summed E-state index contributed by atoms with van der Waals surface area (Å²) in [5, 5.41) is 2.76. The summed E-state index contributed by atoms with van der Waals surface area (Å²) in [4.78, 5) is 14.1. The van der Waals surface area contributed by atoms with Crippen molar-refractivity contribution < 1.29 is 31.1 Å². The molecule has 0 radical (unpaired) electrons. The zero-order chi connectivity index (χ0) is 29.7. The minimum absolute atomic E-state index is 0.0562. The lowest BCUT2D eigenvalue weighted by Gasteiger charge is -2.29. The molecule has 0 aliphatic carbocycles. The average Bonchev–Trinajstić information content (AvgIpc) is 2.84. The Morgan fingerprint density at radius 2 is 1.52 bits per heavy atom. The Balaban J connectivity index is 1.78. The van der Waals surface area contributed by atoms with Crippen molar-refractivity contribution in [2.24, 2.45) is 0 Å². The van der Waals surface area contributed by atoms with Crippen LogP contribution < -0.4 is 14.9 Å². The molecule has 0 heterocycles. The highest BCUT2D eigenvalue weighted by atomic mass is 32.2. The SMILES string of the molecule is Cc1ccccc1N(CCCNS(=O)(=O)c1ccc(C(F)(F)F)cc1)c1cc(NC(=O)OC(C)(C)C)ccc1C. The van der Waals surface area contributed by atoms with Gasteiger partial charge in [0.2, 0.25) is 10.0 Å². The number of amides is 1. The predicted molar refractivity (Wildman–Crippen MR) is 150 cm³/mol. The van der Waals surface area contributed by atoms with E-state index in [1.165, 1.54) is 0 Å². The summed E-state index contributed by atoms with van der Waals surface area (Å²) in [7, 11) is -4.00. The molecule has 0 fully saturated rings. The number of para-hydroxylation sites is 1. The molecule has 0 saturated carbocycles. The molecule has 0 unspecified atom stereocenters. The monoisotopic (exact) mass is 577 g/mol. The Labute approximate surface area is 233 Å². The fraction of sp³-hybridized carbons (Fsp3) is 0.345. The second-order valence-corrected chi connectivity index (χ2v) is 12.1. The second-order valence-electron chi connectivity index (χ2n) is 10.3. The van der Waals surface area contributed by atoms with E-state index in [0.29, 0.717) is 18.7 Å². The number of alkyl halides is 3. The first-order valence-electron chi connectivity index (χ1n) is 12.7. The maximum absolute atomic E-state index is 12.8. The van der Waals surface area contributed by atoms with E-state index in [2.05, 4.69) is 10.0 Å². The molecule has 0 aliphatic rings. The number of nitrogens with one attached hydrogen (secondary N) is 2. The normalized spacial score (nSPS) is 12.2. The van der Waals surface area contributed by atoms with Gasteiger partial charge in [0.15, 0.2) is 0 Å². The molecule has 1 amide bonds. The van der Waals surface area contributed by atoms with E-state index in [9.17, 15) is 26.4 Å². The molecule has 0 atom stereocenters. The lowest BCUT2D eigenvalue weighted by molar-refractivity contribution is -0.137. The molecular formula is C29H34F3N3O4S. The smallest absolute Gasteiger partial charge is 0.416 e. The first-order valence-corrected chi connectivity index (χ1v) is 14.2. The van der Waals surface area contributed by atoms with Crippen LogP contribution in [0, 0.1) is 13.8 Å². The summed E-state index contributed by atoms with van der Waals surface area (Å²) >= 11 is 0. The summed E-state index contributed by atoms with van der Waals surface area (Å²) in [5.41, 5.74) is 2.62. The van der Waals surface area contributed by atoms with E-state index in [0.717, 1.165) is 46.8 Å². The molecule has 0 bridgehead atoms. The van der Waals surface area contributed by atoms with Gasteiger partial charge in [0.25, 0.3) is 0 Å². The number of carbonyl (C=O) groups is 1. The standard InChI is InChI=1S/C29H34F3N3O4S/c1-20-9-6-7-10-25(20)35(26-19-23(14-11-21(26)2)34-27(36)39-28(3,4)5)18-8-17-33-40(37,38)24-15-12-22(13-16-24)29(30,31)32/h6-7,9-16,19,33H,8,17-18H2,1-5H3,(H,34,36). The molecule has 0 saturated heterocycles. The number of anilines is 3. The highest BCUT2D eigenvalue weighted by Crippen LogP contribution is 2.33. The molecule has 3 rings (SSSR count). The summed E-state index contributed by atoms with van der Waals surface area (Å²) < 4.78 is 71.7. The highest BCUT2D eigenvalue weighted by Gasteiger charge is 2.30. The van der Waals surface area contributed by atoms with Gasteiger partial charge in [0, 0.05) is 30.2 Å². The van der Waals surface area contributed by atoms with Gasteiger partial charge < -0.3 is 9.64 Å². The number of nitrogens with zero attached hydrogens (tertiary/aromatic N) is 1. The lowest BCUT2D eigenvalue weighted by Crippen LogP contribution is -2.29. The number of ether oxygens (including phenoxy) is 1. The number of aryl methyl sites for hydroxylation is 2. The molecule has 2 N–H and O–H groups in total. The summed E-state index contributed by atoms with van der Waals surface area (Å²) in [6.07, 6.45) is -4.74. The Hall–Kier alpha value is -3.57. The van der Waals surface area contributed by atoms with Gasteiger partial charge in [-0.1, -0.05) is 24.3 Å². The Bertz CT molecular complexity index is 1430. The van der Waals surface area contributed by atoms with Crippen LogP contribution in [0.1, 0.15) is 43.9 Å². The van der Waals surface area contributed by atoms with E-state index in [1.807, 2.05) is 55.1 Å². The fourth-order valence-corrected chi connectivity index (χ4v) is 5.06. The Kier molecular flexibility index (Phi) is 9.52. The molecule has 7 nitrogen and oxygen atoms in total. The van der Waals surface area contributed by atoms with Crippen molar-refractivity contribution in [3.05, 3.63) is 83.4 Å². The van der Waals surface area contributed by atoms with E-state index in [1.54, 1.807) is 26.8 Å². The van der Waals surface area contributed by atoms with Crippen LogP contribution in [0.5, 0.6) is 0 Å². The van der Waals surface area contributed by atoms with Crippen molar-refractivity contribution in [2.45, 2.75) is 57.7 Å². The predicted octanol–water partition coefficient (Wildman–Crippen LogP) is 7.18. The van der Waals surface area contributed by atoms with Gasteiger partial charge in [-0.05, 0) is 94.6 Å². The largest absolute Gasteiger partial charge is 0.444 e. The molecule has 0 aromatic heterocycles. The first-order chi connectivity index (χ1) is 18.6. The molecule has 40 heavy (non-hydrogen) atoms. The van der Waals surface area contributed by atoms with Crippen LogP contribution in [-0.2, 0) is 20.9 Å². The van der Waals surface area contributed by atoms with Crippen molar-refractivity contribution in [3.63, 3.8) is 0 Å². The van der Waals surface area contributed by atoms with Gasteiger partial charge in [-0.2, -0.15) is 13.2 Å². The van der Waals surface area contributed by atoms with Gasteiger partial charge in [0.05, 0.1) is 10.5 Å². The quantitative estimate of drug-likeness (QED) is 0.263. The zero-order valence-electron chi connectivity index (χ0n) is 23.1. The van der Waals surface area contributed by atoms with Gasteiger partial charge >= 0.3 is 12.3 Å². The van der Waals surface area contributed by atoms with Crippen molar-refractivity contribution >= 4 is 33.2 Å². The van der Waals surface area contributed by atoms with E-state index in [-0.39, 0.29) is 11.4 Å². The van der Waals surface area contributed by atoms with E-state index in [4.69, 9.17) is 4.74 Å². The lowest BCUT2D eigenvalue weighted by atomic mass is 10.1. The number of benzene rings is 3. The minimum atomic E-state index is -4.55. The third kappa shape index (κ3) is 8.46. The van der Waals surface area contributed by atoms with Crippen molar-refractivity contribution in [2.75, 3.05) is 23.3 Å². The number of carbonyl (C=O) groups excluding carboxylic acids is 1. The van der Waals surface area contributed by atoms with Crippen LogP contribution in [-0.4, -0.2) is 33.2 Å². The molecule has 216 valence electrons. The number of halogens is 3. The fourth-order valence-electron chi connectivity index (χ4n) is 3.99. The van der Waals surface area contributed by atoms with Crippen LogP contribution in [0.15, 0.2) is 71.6 Å². The van der Waals surface area contributed by atoms with Crippen molar-refractivity contribution in [1.82, 2.24) is 4.72 Å². The third-order valence-corrected chi connectivity index (χ3v) is 7.37. The summed E-state index contributed by atoms with van der Waals surface area (Å²) in [6, 6.07) is 16.6. The topological polar surface area (TPSA) is 87.7 Å². The van der Waals surface area contributed by atoms with Gasteiger partial charge in [-0.3, -0.25) is 5.32 Å². The van der Waals surface area contributed by atoms with Gasteiger partial charge in [-0.15, -0.1) is 0 Å². The van der Waals surface area contributed by atoms with Crippen LogP contribution in [0.2, 0.25) is 0 Å². The van der Waals surface area contributed by atoms with Crippen molar-refractivity contribution in [1.29, 1.82) is 0 Å². The minimum Gasteiger partial charge on any atom is -0.444 e. The van der Waals surface area contributed by atoms with Gasteiger partial charge in [-0.25, -0.2) is 17.9 Å². The summed E-state index contributed by atoms with van der Waals surface area (Å²) in [6.45, 7) is 9.70. The maximum Gasteiger partial charge on any atom is 0.416 e. The zero-order valence-corrected chi connectivity index (χ0v) is 23.9. The first kappa shape index (κ1) is 31.0. The van der Waals surface area contributed by atoms with E-state index >= 15 is 0 Å². The third-order valence-electron chi connectivity index (χ3n) is 5.89. The summed E-state index contributed by atoms with van der Waals surface area (Å²) in [5.74, 6) is 0. The molecule has 3 aromatic carbocycles. The molecule has 3 aromatic rings. The Morgan fingerprint density at radius 1 is 0.900 bits per heavy atom. The van der Waals surface area contributed by atoms with Gasteiger partial charge in [0.1, 0.15) is 5.60 Å². The molecular weight excluding hydrogens is 543 g/mol. The maximum atomic E-state index is 12.8. The van der Waals surface area contributed by atoms with Crippen LogP contribution >= 0.6 is 0 Å². The number of rotatable bonds is 9. The van der Waals surface area contributed by atoms with E-state index < -0.39 is 33.5 Å².